The highest BCUT2D eigenvalue weighted by atomic mass is 35.5. The molecule has 0 bridgehead atoms. The number of rotatable bonds is 5. The fourth-order valence-electron chi connectivity index (χ4n) is 1.10. The van der Waals surface area contributed by atoms with Crippen LogP contribution in [0, 0.1) is 5.92 Å². The molecule has 0 aromatic rings. The summed E-state index contributed by atoms with van der Waals surface area (Å²) >= 11 is 5.62. The molecule has 0 aliphatic heterocycles. The minimum Gasteiger partial charge on any atom is -0.298 e. The Bertz CT molecular complexity index is 173. The molecule has 0 N–H and O–H groups in total. The molecule has 0 aliphatic carbocycles. The van der Waals surface area contributed by atoms with E-state index in [1.807, 2.05) is 13.8 Å². The zero-order valence-electron chi connectivity index (χ0n) is 7.76. The number of carbonyl (C=O) groups is 2. The maximum absolute atomic E-state index is 11.4. The van der Waals surface area contributed by atoms with E-state index in [0.717, 1.165) is 12.8 Å². The van der Waals surface area contributed by atoms with Crippen molar-refractivity contribution in [1.82, 2.24) is 0 Å². The average Bonchev–Trinajstić information content (AvgIpc) is 2.05. The molecule has 0 amide bonds. The second kappa shape index (κ2) is 5.31. The van der Waals surface area contributed by atoms with Crippen molar-refractivity contribution in [2.45, 2.75) is 39.0 Å². The number of carbonyl (C=O) groups excluding carboxylic acids is 2. The van der Waals surface area contributed by atoms with E-state index in [1.54, 1.807) is 0 Å². The van der Waals surface area contributed by atoms with E-state index in [2.05, 4.69) is 0 Å². The van der Waals surface area contributed by atoms with Gasteiger partial charge in [0.15, 0.2) is 16.9 Å². The van der Waals surface area contributed by atoms with Crippen molar-refractivity contribution in [2.24, 2.45) is 5.92 Å². The lowest BCUT2D eigenvalue weighted by Crippen LogP contribution is -2.28. The van der Waals surface area contributed by atoms with Gasteiger partial charge in [-0.05, 0) is 19.8 Å². The summed E-state index contributed by atoms with van der Waals surface area (Å²) in [6.45, 7) is 5.20. The molecule has 0 aromatic carbocycles. The Morgan fingerprint density at radius 1 is 1.25 bits per heavy atom. The summed E-state index contributed by atoms with van der Waals surface area (Å²) in [5.74, 6) is -0.445. The first-order valence-electron chi connectivity index (χ1n) is 4.22. The summed E-state index contributed by atoms with van der Waals surface area (Å²) in [6, 6.07) is 0. The summed E-state index contributed by atoms with van der Waals surface area (Å²) in [5.41, 5.74) is 0. The van der Waals surface area contributed by atoms with E-state index in [1.165, 1.54) is 6.92 Å². The highest BCUT2D eigenvalue weighted by Gasteiger charge is 2.25. The number of ketones is 2. The molecule has 1 atom stereocenters. The number of hydrogen-bond donors (Lipinski definition) is 0. The fourth-order valence-corrected chi connectivity index (χ4v) is 1.28. The van der Waals surface area contributed by atoms with Crippen LogP contribution in [-0.4, -0.2) is 16.9 Å². The predicted octanol–water partition coefficient (Wildman–Crippen LogP) is 2.19. The third kappa shape index (κ3) is 2.94. The van der Waals surface area contributed by atoms with Crippen LogP contribution in [0.5, 0.6) is 0 Å². The van der Waals surface area contributed by atoms with Crippen molar-refractivity contribution < 1.29 is 9.59 Å². The lowest BCUT2D eigenvalue weighted by atomic mass is 9.95. The molecule has 0 fully saturated rings. The van der Waals surface area contributed by atoms with Crippen molar-refractivity contribution in [3.8, 4) is 0 Å². The van der Waals surface area contributed by atoms with Gasteiger partial charge >= 0.3 is 0 Å². The van der Waals surface area contributed by atoms with E-state index in [9.17, 15) is 9.59 Å². The third-order valence-electron chi connectivity index (χ3n) is 1.99. The Morgan fingerprint density at radius 3 is 1.92 bits per heavy atom. The number of hydrogen-bond acceptors (Lipinski definition) is 2. The first-order valence-corrected chi connectivity index (χ1v) is 4.66. The fraction of sp³-hybridized carbons (Fsp3) is 0.778. The topological polar surface area (TPSA) is 34.1 Å². The van der Waals surface area contributed by atoms with E-state index < -0.39 is 5.38 Å². The summed E-state index contributed by atoms with van der Waals surface area (Å²) in [4.78, 5) is 22.2. The minimum absolute atomic E-state index is 0.0589. The van der Waals surface area contributed by atoms with Crippen LogP contribution in [0.3, 0.4) is 0 Å². The predicted molar refractivity (Wildman–Crippen MR) is 49.4 cm³/mol. The summed E-state index contributed by atoms with van der Waals surface area (Å²) < 4.78 is 0. The molecule has 70 valence electrons. The molecule has 2 nitrogen and oxygen atoms in total. The van der Waals surface area contributed by atoms with Gasteiger partial charge in [0.2, 0.25) is 0 Å². The molecule has 0 saturated heterocycles. The number of alkyl halides is 1. The van der Waals surface area contributed by atoms with Crippen molar-refractivity contribution in [1.29, 1.82) is 0 Å². The first-order chi connectivity index (χ1) is 5.54. The second-order valence-electron chi connectivity index (χ2n) is 2.89. The molecule has 12 heavy (non-hydrogen) atoms. The van der Waals surface area contributed by atoms with Gasteiger partial charge in [-0.15, -0.1) is 11.6 Å². The van der Waals surface area contributed by atoms with Gasteiger partial charge in [0.25, 0.3) is 0 Å². The highest BCUT2D eigenvalue weighted by Crippen LogP contribution is 2.14. The summed E-state index contributed by atoms with van der Waals surface area (Å²) in [7, 11) is 0. The molecule has 1 unspecified atom stereocenters. The molecule has 0 aliphatic rings. The molecular formula is C9H15ClO2. The first kappa shape index (κ1) is 11.6. The Kier molecular flexibility index (Phi) is 5.14. The number of halogens is 1. The Balaban J connectivity index is 4.25. The van der Waals surface area contributed by atoms with Crippen LogP contribution in [0.4, 0.5) is 0 Å². The highest BCUT2D eigenvalue weighted by molar-refractivity contribution is 6.42. The van der Waals surface area contributed by atoms with Crippen molar-refractivity contribution in [3.05, 3.63) is 0 Å². The van der Waals surface area contributed by atoms with Gasteiger partial charge in [-0.1, -0.05) is 13.8 Å². The van der Waals surface area contributed by atoms with Crippen molar-refractivity contribution in [3.63, 3.8) is 0 Å². The smallest absolute Gasteiger partial charge is 0.161 e. The second-order valence-corrected chi connectivity index (χ2v) is 3.33. The van der Waals surface area contributed by atoms with Gasteiger partial charge in [0.05, 0.1) is 0 Å². The lowest BCUT2D eigenvalue weighted by Gasteiger charge is -2.12. The molecule has 0 heterocycles. The van der Waals surface area contributed by atoms with Gasteiger partial charge in [-0.2, -0.15) is 0 Å². The van der Waals surface area contributed by atoms with Gasteiger partial charge in [0, 0.05) is 5.92 Å². The monoisotopic (exact) mass is 190 g/mol. The molecule has 0 radical (unpaired) electrons. The Labute approximate surface area is 78.3 Å². The Hall–Kier alpha value is -0.370. The average molecular weight is 191 g/mol. The minimum atomic E-state index is -0.935. The molecule has 0 aromatic heterocycles. The molecule has 0 saturated carbocycles. The zero-order chi connectivity index (χ0) is 9.72. The van der Waals surface area contributed by atoms with Crippen LogP contribution in [0.2, 0.25) is 0 Å². The molecule has 0 spiro atoms. The Morgan fingerprint density at radius 2 is 1.67 bits per heavy atom. The van der Waals surface area contributed by atoms with Crippen LogP contribution in [0.15, 0.2) is 0 Å². The molecule has 3 heteroatoms. The normalized spacial score (nSPS) is 13.1. The summed E-state index contributed by atoms with van der Waals surface area (Å²) in [6.07, 6.45) is 1.51. The van der Waals surface area contributed by atoms with Crippen molar-refractivity contribution in [2.75, 3.05) is 0 Å². The maximum atomic E-state index is 11.4. The van der Waals surface area contributed by atoms with Crippen LogP contribution in [0.1, 0.15) is 33.6 Å². The van der Waals surface area contributed by atoms with E-state index in [-0.39, 0.29) is 17.5 Å². The summed E-state index contributed by atoms with van der Waals surface area (Å²) in [5, 5.41) is -0.935. The van der Waals surface area contributed by atoms with E-state index in [4.69, 9.17) is 11.6 Å². The third-order valence-corrected chi connectivity index (χ3v) is 2.52. The van der Waals surface area contributed by atoms with Gasteiger partial charge in [-0.3, -0.25) is 9.59 Å². The van der Waals surface area contributed by atoms with Gasteiger partial charge < -0.3 is 0 Å². The van der Waals surface area contributed by atoms with Gasteiger partial charge in [-0.25, -0.2) is 0 Å². The van der Waals surface area contributed by atoms with E-state index in [0.29, 0.717) is 0 Å². The van der Waals surface area contributed by atoms with Crippen molar-refractivity contribution >= 4 is 23.2 Å². The SMILES string of the molecule is CCC(CC)C(=O)C(Cl)C(C)=O. The molecular weight excluding hydrogens is 176 g/mol. The van der Waals surface area contributed by atoms with Crippen LogP contribution < -0.4 is 0 Å². The quantitative estimate of drug-likeness (QED) is 0.492. The standard InChI is InChI=1S/C9H15ClO2/c1-4-7(5-2)9(12)8(10)6(3)11/h7-8H,4-5H2,1-3H3. The lowest BCUT2D eigenvalue weighted by molar-refractivity contribution is -0.128. The number of Topliss-reactive ketones (excluding diaryl/α,β-unsaturated/α-hetero) is 2. The zero-order valence-corrected chi connectivity index (χ0v) is 8.52. The van der Waals surface area contributed by atoms with Crippen LogP contribution in [0.25, 0.3) is 0 Å². The van der Waals surface area contributed by atoms with E-state index >= 15 is 0 Å². The molecule has 0 rings (SSSR count). The van der Waals surface area contributed by atoms with Gasteiger partial charge in [0.1, 0.15) is 0 Å². The van der Waals surface area contributed by atoms with Crippen LogP contribution in [-0.2, 0) is 9.59 Å². The maximum Gasteiger partial charge on any atom is 0.161 e. The largest absolute Gasteiger partial charge is 0.298 e. The van der Waals surface area contributed by atoms with Crippen LogP contribution >= 0.6 is 11.6 Å².